The van der Waals surface area contributed by atoms with Gasteiger partial charge in [0, 0.05) is 25.2 Å². The van der Waals surface area contributed by atoms with Crippen molar-refractivity contribution in [2.45, 2.75) is 31.9 Å². The van der Waals surface area contributed by atoms with Gasteiger partial charge in [0.05, 0.1) is 16.7 Å². The van der Waals surface area contributed by atoms with E-state index in [-0.39, 0.29) is 23.3 Å². The number of hydrogen-bond donors (Lipinski definition) is 0. The summed E-state index contributed by atoms with van der Waals surface area (Å²) in [4.78, 5) is 40.4. The molecule has 2 aromatic rings. The highest BCUT2D eigenvalue weighted by molar-refractivity contribution is 6.21. The number of likely N-dealkylation sites (tertiary alicyclic amines) is 1. The first-order valence-electron chi connectivity index (χ1n) is 10.7. The normalized spacial score (nSPS) is 17.1. The van der Waals surface area contributed by atoms with E-state index in [0.29, 0.717) is 43.1 Å². The number of amides is 3. The van der Waals surface area contributed by atoms with E-state index in [0.717, 1.165) is 31.4 Å². The number of piperidine rings is 1. The fourth-order valence-electron chi connectivity index (χ4n) is 4.39. The van der Waals surface area contributed by atoms with Crippen LogP contribution < -0.4 is 0 Å². The van der Waals surface area contributed by atoms with Crippen LogP contribution in [0.15, 0.2) is 48.5 Å². The van der Waals surface area contributed by atoms with E-state index in [1.54, 1.807) is 29.2 Å². The van der Waals surface area contributed by atoms with Crippen LogP contribution in [0.1, 0.15) is 62.3 Å². The number of carbonyl (C=O) groups is 3. The standard InChI is InChI=1S/C24H23F3N2O3/c25-24(26,27)18-9-7-17(8-10-18)21(30)28-14-11-16(12-15-28)4-3-13-29-22(31)19-5-1-2-6-20(19)23(29)32/h1-2,5-10,16H,3-4,11-15H2. The van der Waals surface area contributed by atoms with E-state index in [1.165, 1.54) is 17.0 Å². The molecular weight excluding hydrogens is 421 g/mol. The van der Waals surface area contributed by atoms with Crippen molar-refractivity contribution in [3.8, 4) is 0 Å². The first-order chi connectivity index (χ1) is 15.3. The van der Waals surface area contributed by atoms with Gasteiger partial charge in [0.1, 0.15) is 0 Å². The van der Waals surface area contributed by atoms with Crippen molar-refractivity contribution in [3.05, 3.63) is 70.8 Å². The largest absolute Gasteiger partial charge is 0.416 e. The average Bonchev–Trinajstić information content (AvgIpc) is 3.04. The Bertz CT molecular complexity index is 991. The number of nitrogens with zero attached hydrogens (tertiary/aromatic N) is 2. The predicted molar refractivity (Wildman–Crippen MR) is 111 cm³/mol. The minimum absolute atomic E-state index is 0.248. The second-order valence-electron chi connectivity index (χ2n) is 8.26. The molecule has 2 aliphatic heterocycles. The summed E-state index contributed by atoms with van der Waals surface area (Å²) in [6, 6.07) is 11.1. The van der Waals surface area contributed by atoms with Gasteiger partial charge in [-0.1, -0.05) is 12.1 Å². The van der Waals surface area contributed by atoms with Gasteiger partial charge >= 0.3 is 6.18 Å². The van der Waals surface area contributed by atoms with Gasteiger partial charge in [-0.2, -0.15) is 13.2 Å². The smallest absolute Gasteiger partial charge is 0.339 e. The Morgan fingerprint density at radius 3 is 2.00 bits per heavy atom. The van der Waals surface area contributed by atoms with Crippen LogP contribution in [0.25, 0.3) is 0 Å². The van der Waals surface area contributed by atoms with Crippen molar-refractivity contribution in [1.82, 2.24) is 9.80 Å². The zero-order valence-electron chi connectivity index (χ0n) is 17.4. The molecule has 0 aliphatic carbocycles. The third-order valence-corrected chi connectivity index (χ3v) is 6.23. The van der Waals surface area contributed by atoms with Crippen LogP contribution in [0, 0.1) is 5.92 Å². The summed E-state index contributed by atoms with van der Waals surface area (Å²) in [5, 5.41) is 0. The van der Waals surface area contributed by atoms with Crippen molar-refractivity contribution >= 4 is 17.7 Å². The molecule has 0 aromatic heterocycles. The SMILES string of the molecule is O=C(c1ccc(C(F)(F)F)cc1)N1CCC(CCCN2C(=O)c3ccccc3C2=O)CC1. The molecule has 1 fully saturated rings. The lowest BCUT2D eigenvalue weighted by Gasteiger charge is -2.32. The molecule has 0 saturated carbocycles. The Hall–Kier alpha value is -3.16. The van der Waals surface area contributed by atoms with Crippen molar-refractivity contribution in [2.75, 3.05) is 19.6 Å². The number of benzene rings is 2. The monoisotopic (exact) mass is 444 g/mol. The molecule has 4 rings (SSSR count). The number of imide groups is 1. The number of fused-ring (bicyclic) bond motifs is 1. The van der Waals surface area contributed by atoms with Gasteiger partial charge in [0.2, 0.25) is 0 Å². The van der Waals surface area contributed by atoms with E-state index < -0.39 is 11.7 Å². The maximum atomic E-state index is 12.7. The molecule has 168 valence electrons. The summed E-state index contributed by atoms with van der Waals surface area (Å²) in [5.74, 6) is -0.379. The Kier molecular flexibility index (Phi) is 6.04. The summed E-state index contributed by atoms with van der Waals surface area (Å²) in [7, 11) is 0. The summed E-state index contributed by atoms with van der Waals surface area (Å²) in [6.07, 6.45) is -1.31. The van der Waals surface area contributed by atoms with Crippen molar-refractivity contribution in [2.24, 2.45) is 5.92 Å². The minimum Gasteiger partial charge on any atom is -0.339 e. The van der Waals surface area contributed by atoms with Gasteiger partial charge < -0.3 is 4.90 Å². The first-order valence-corrected chi connectivity index (χ1v) is 10.7. The molecule has 0 atom stereocenters. The van der Waals surface area contributed by atoms with E-state index in [9.17, 15) is 27.6 Å². The fourth-order valence-corrected chi connectivity index (χ4v) is 4.39. The molecule has 3 amide bonds. The van der Waals surface area contributed by atoms with Crippen molar-refractivity contribution < 1.29 is 27.6 Å². The molecule has 8 heteroatoms. The van der Waals surface area contributed by atoms with Crippen LogP contribution in [-0.2, 0) is 6.18 Å². The topological polar surface area (TPSA) is 57.7 Å². The molecule has 1 saturated heterocycles. The molecule has 0 unspecified atom stereocenters. The lowest BCUT2D eigenvalue weighted by atomic mass is 9.91. The molecule has 2 aromatic carbocycles. The van der Waals surface area contributed by atoms with Crippen molar-refractivity contribution in [1.29, 1.82) is 0 Å². The fraction of sp³-hybridized carbons (Fsp3) is 0.375. The summed E-state index contributed by atoms with van der Waals surface area (Å²) in [6.45, 7) is 1.45. The second kappa shape index (κ2) is 8.76. The molecule has 2 aliphatic rings. The highest BCUT2D eigenvalue weighted by Crippen LogP contribution is 2.30. The molecule has 0 spiro atoms. The maximum Gasteiger partial charge on any atom is 0.416 e. The molecule has 0 radical (unpaired) electrons. The highest BCUT2D eigenvalue weighted by Gasteiger charge is 2.35. The lowest BCUT2D eigenvalue weighted by molar-refractivity contribution is -0.137. The Balaban J connectivity index is 1.24. The van der Waals surface area contributed by atoms with Crippen LogP contribution >= 0.6 is 0 Å². The van der Waals surface area contributed by atoms with Crippen LogP contribution in [0.4, 0.5) is 13.2 Å². The maximum absolute atomic E-state index is 12.7. The van der Waals surface area contributed by atoms with E-state index in [4.69, 9.17) is 0 Å². The van der Waals surface area contributed by atoms with E-state index in [2.05, 4.69) is 0 Å². The number of hydrogen-bond acceptors (Lipinski definition) is 3. The second-order valence-corrected chi connectivity index (χ2v) is 8.26. The summed E-state index contributed by atoms with van der Waals surface area (Å²) in [5.41, 5.74) is 0.382. The number of rotatable bonds is 5. The van der Waals surface area contributed by atoms with Crippen molar-refractivity contribution in [3.63, 3.8) is 0 Å². The Morgan fingerprint density at radius 1 is 0.906 bits per heavy atom. The van der Waals surface area contributed by atoms with Gasteiger partial charge in [-0.25, -0.2) is 0 Å². The predicted octanol–water partition coefficient (Wildman–Crippen LogP) is 4.63. The third-order valence-electron chi connectivity index (χ3n) is 6.23. The Labute approximate surface area is 183 Å². The lowest BCUT2D eigenvalue weighted by Crippen LogP contribution is -2.38. The van der Waals surface area contributed by atoms with Gasteiger partial charge in [-0.3, -0.25) is 19.3 Å². The zero-order chi connectivity index (χ0) is 22.9. The minimum atomic E-state index is -4.42. The van der Waals surface area contributed by atoms with E-state index in [1.807, 2.05) is 0 Å². The quantitative estimate of drug-likeness (QED) is 0.632. The molecule has 0 bridgehead atoms. The van der Waals surface area contributed by atoms with Crippen LogP contribution in [-0.4, -0.2) is 47.2 Å². The molecule has 5 nitrogen and oxygen atoms in total. The van der Waals surface area contributed by atoms with Crippen LogP contribution in [0.5, 0.6) is 0 Å². The van der Waals surface area contributed by atoms with Crippen LogP contribution in [0.3, 0.4) is 0 Å². The number of halogens is 3. The zero-order valence-corrected chi connectivity index (χ0v) is 17.4. The van der Waals surface area contributed by atoms with Gasteiger partial charge in [-0.15, -0.1) is 0 Å². The van der Waals surface area contributed by atoms with Gasteiger partial charge in [0.25, 0.3) is 17.7 Å². The Morgan fingerprint density at radius 2 is 1.47 bits per heavy atom. The number of alkyl halides is 3. The number of carbonyl (C=O) groups excluding carboxylic acids is 3. The molecule has 32 heavy (non-hydrogen) atoms. The van der Waals surface area contributed by atoms with Crippen LogP contribution in [0.2, 0.25) is 0 Å². The van der Waals surface area contributed by atoms with Gasteiger partial charge in [0.15, 0.2) is 0 Å². The molecular formula is C24H23F3N2O3. The summed E-state index contributed by atoms with van der Waals surface area (Å²) >= 11 is 0. The summed E-state index contributed by atoms with van der Waals surface area (Å²) < 4.78 is 38.1. The average molecular weight is 444 g/mol. The highest BCUT2D eigenvalue weighted by atomic mass is 19.4. The molecule has 2 heterocycles. The van der Waals surface area contributed by atoms with Gasteiger partial charge in [-0.05, 0) is 68.0 Å². The third kappa shape index (κ3) is 4.40. The first kappa shape index (κ1) is 22.0. The molecule has 0 N–H and O–H groups in total. The van der Waals surface area contributed by atoms with E-state index >= 15 is 0 Å².